The van der Waals surface area contributed by atoms with Crippen molar-refractivity contribution in [2.75, 3.05) is 5.32 Å². The Hall–Kier alpha value is -3.97. The van der Waals surface area contributed by atoms with Crippen molar-refractivity contribution in [2.24, 2.45) is 0 Å². The Kier molecular flexibility index (Phi) is 7.27. The van der Waals surface area contributed by atoms with Crippen molar-refractivity contribution in [2.45, 2.75) is 25.1 Å². The minimum absolute atomic E-state index is 0.0747. The van der Waals surface area contributed by atoms with E-state index in [-0.39, 0.29) is 5.56 Å². The Morgan fingerprint density at radius 3 is 2.34 bits per heavy atom. The van der Waals surface area contributed by atoms with E-state index in [0.717, 1.165) is 17.7 Å². The molecule has 0 radical (unpaired) electrons. The highest BCUT2D eigenvalue weighted by Crippen LogP contribution is 2.34. The number of para-hydroxylation sites is 1. The molecule has 1 unspecified atom stereocenters. The van der Waals surface area contributed by atoms with Crippen LogP contribution in [0, 0.1) is 0 Å². The summed E-state index contributed by atoms with van der Waals surface area (Å²) < 4.78 is 40.2. The molecule has 0 aliphatic rings. The SMILES string of the molecule is O=C(Nc1ccccc1CCC(O)c1ccccn1)c1cc(C(F)(F)F)ccc1-c1ccccc1. The number of aliphatic hydroxyl groups is 1. The fourth-order valence-electron chi connectivity index (χ4n) is 3.84. The molecule has 7 heteroatoms. The third-order valence-corrected chi connectivity index (χ3v) is 5.66. The lowest BCUT2D eigenvalue weighted by atomic mass is 9.96. The lowest BCUT2D eigenvalue weighted by Crippen LogP contribution is -2.16. The van der Waals surface area contributed by atoms with Crippen LogP contribution in [0.1, 0.15) is 39.7 Å². The van der Waals surface area contributed by atoms with Gasteiger partial charge in [-0.1, -0.05) is 60.7 Å². The van der Waals surface area contributed by atoms with E-state index in [1.165, 1.54) is 6.07 Å². The first-order chi connectivity index (χ1) is 16.8. The number of alkyl halides is 3. The van der Waals surface area contributed by atoms with Gasteiger partial charge >= 0.3 is 6.18 Å². The molecule has 0 fully saturated rings. The van der Waals surface area contributed by atoms with E-state index in [2.05, 4.69) is 10.3 Å². The quantitative estimate of drug-likeness (QED) is 0.313. The minimum Gasteiger partial charge on any atom is -0.387 e. The van der Waals surface area contributed by atoms with Crippen LogP contribution in [0.4, 0.5) is 18.9 Å². The lowest BCUT2D eigenvalue weighted by Gasteiger charge is -2.16. The van der Waals surface area contributed by atoms with Gasteiger partial charge in [0.2, 0.25) is 0 Å². The molecule has 0 aliphatic carbocycles. The van der Waals surface area contributed by atoms with Crippen molar-refractivity contribution in [1.82, 2.24) is 4.98 Å². The Morgan fingerprint density at radius 2 is 1.63 bits per heavy atom. The number of carbonyl (C=O) groups is 1. The van der Waals surface area contributed by atoms with Gasteiger partial charge in [0.25, 0.3) is 5.91 Å². The number of benzene rings is 3. The standard InChI is InChI=1S/C28H23F3N2O2/c29-28(30,31)21-14-15-22(19-8-2-1-3-9-19)23(18-21)27(35)33-24-11-5-4-10-20(24)13-16-26(34)25-12-6-7-17-32-25/h1-12,14-15,17-18,26,34H,13,16H2,(H,33,35). The molecule has 0 bridgehead atoms. The van der Waals surface area contributed by atoms with E-state index in [9.17, 15) is 23.1 Å². The van der Waals surface area contributed by atoms with Gasteiger partial charge in [0.15, 0.2) is 0 Å². The van der Waals surface area contributed by atoms with Crippen LogP contribution >= 0.6 is 0 Å². The summed E-state index contributed by atoms with van der Waals surface area (Å²) in [5.41, 5.74) is 1.84. The molecular formula is C28H23F3N2O2. The van der Waals surface area contributed by atoms with Gasteiger partial charge in [-0.3, -0.25) is 9.78 Å². The predicted molar refractivity (Wildman–Crippen MR) is 129 cm³/mol. The highest BCUT2D eigenvalue weighted by Gasteiger charge is 2.32. The predicted octanol–water partition coefficient (Wildman–Crippen LogP) is 6.69. The number of hydrogen-bond donors (Lipinski definition) is 2. The van der Waals surface area contributed by atoms with Crippen LogP contribution in [0.25, 0.3) is 11.1 Å². The Bertz CT molecular complexity index is 1290. The maximum Gasteiger partial charge on any atom is 0.416 e. The Morgan fingerprint density at radius 1 is 0.914 bits per heavy atom. The number of pyridine rings is 1. The molecule has 1 heterocycles. The highest BCUT2D eigenvalue weighted by atomic mass is 19.4. The van der Waals surface area contributed by atoms with E-state index in [1.807, 2.05) is 6.07 Å². The molecule has 1 amide bonds. The van der Waals surface area contributed by atoms with Gasteiger partial charge in [0.1, 0.15) is 0 Å². The zero-order chi connectivity index (χ0) is 24.8. The van der Waals surface area contributed by atoms with Crippen molar-refractivity contribution in [3.8, 4) is 11.1 Å². The average molecular weight is 476 g/mol. The van der Waals surface area contributed by atoms with Gasteiger partial charge in [0.05, 0.1) is 17.4 Å². The summed E-state index contributed by atoms with van der Waals surface area (Å²) in [7, 11) is 0. The van der Waals surface area contributed by atoms with E-state index in [0.29, 0.717) is 35.3 Å². The second-order valence-electron chi connectivity index (χ2n) is 8.04. The number of rotatable bonds is 7. The molecule has 0 aliphatic heterocycles. The zero-order valence-corrected chi connectivity index (χ0v) is 18.7. The summed E-state index contributed by atoms with van der Waals surface area (Å²) in [6.45, 7) is 0. The van der Waals surface area contributed by atoms with Gasteiger partial charge in [-0.2, -0.15) is 13.2 Å². The van der Waals surface area contributed by atoms with Crippen LogP contribution in [-0.2, 0) is 12.6 Å². The van der Waals surface area contributed by atoms with Crippen LogP contribution in [0.15, 0.2) is 97.2 Å². The van der Waals surface area contributed by atoms with Crippen molar-refractivity contribution in [1.29, 1.82) is 0 Å². The molecule has 1 aromatic heterocycles. The van der Waals surface area contributed by atoms with E-state index < -0.39 is 23.8 Å². The summed E-state index contributed by atoms with van der Waals surface area (Å²) >= 11 is 0. The first kappa shape index (κ1) is 24.2. The van der Waals surface area contributed by atoms with Crippen molar-refractivity contribution < 1.29 is 23.1 Å². The van der Waals surface area contributed by atoms with E-state index >= 15 is 0 Å². The second-order valence-corrected chi connectivity index (χ2v) is 8.04. The summed E-state index contributed by atoms with van der Waals surface area (Å²) in [4.78, 5) is 17.4. The molecule has 4 aromatic rings. The number of aryl methyl sites for hydroxylation is 1. The summed E-state index contributed by atoms with van der Waals surface area (Å²) in [5, 5.41) is 13.2. The molecule has 0 saturated heterocycles. The molecule has 178 valence electrons. The van der Waals surface area contributed by atoms with Crippen LogP contribution in [0.3, 0.4) is 0 Å². The number of amides is 1. The van der Waals surface area contributed by atoms with Gasteiger partial charge in [-0.05, 0) is 59.9 Å². The van der Waals surface area contributed by atoms with Crippen molar-refractivity contribution >= 4 is 11.6 Å². The Labute approximate surface area is 201 Å². The molecule has 4 rings (SSSR count). The van der Waals surface area contributed by atoms with Crippen molar-refractivity contribution in [3.63, 3.8) is 0 Å². The van der Waals surface area contributed by atoms with Gasteiger partial charge in [-0.25, -0.2) is 0 Å². The lowest BCUT2D eigenvalue weighted by molar-refractivity contribution is -0.137. The number of aliphatic hydroxyl groups excluding tert-OH is 1. The van der Waals surface area contributed by atoms with E-state index in [1.54, 1.807) is 72.9 Å². The maximum atomic E-state index is 13.4. The van der Waals surface area contributed by atoms with Gasteiger partial charge in [0, 0.05) is 17.4 Å². The topological polar surface area (TPSA) is 62.2 Å². The summed E-state index contributed by atoms with van der Waals surface area (Å²) in [5.74, 6) is -0.646. The smallest absolute Gasteiger partial charge is 0.387 e. The number of nitrogens with zero attached hydrogens (tertiary/aromatic N) is 1. The second kappa shape index (κ2) is 10.5. The molecule has 35 heavy (non-hydrogen) atoms. The molecule has 0 spiro atoms. The number of anilines is 1. The normalized spacial score (nSPS) is 12.2. The number of carbonyl (C=O) groups excluding carboxylic acids is 1. The number of hydrogen-bond acceptors (Lipinski definition) is 3. The molecular weight excluding hydrogens is 453 g/mol. The maximum absolute atomic E-state index is 13.4. The molecule has 2 N–H and O–H groups in total. The fourth-order valence-corrected chi connectivity index (χ4v) is 3.84. The third kappa shape index (κ3) is 5.94. The molecule has 4 nitrogen and oxygen atoms in total. The van der Waals surface area contributed by atoms with Gasteiger partial charge in [-0.15, -0.1) is 0 Å². The first-order valence-electron chi connectivity index (χ1n) is 11.1. The number of halogens is 3. The first-order valence-corrected chi connectivity index (χ1v) is 11.1. The summed E-state index contributed by atoms with van der Waals surface area (Å²) in [6.07, 6.45) is -2.96. The van der Waals surface area contributed by atoms with Crippen molar-refractivity contribution in [3.05, 3.63) is 120 Å². The summed E-state index contributed by atoms with van der Waals surface area (Å²) in [6, 6.07) is 24.3. The van der Waals surface area contributed by atoms with E-state index in [4.69, 9.17) is 0 Å². The fraction of sp³-hybridized carbons (Fsp3) is 0.143. The number of aromatic nitrogens is 1. The molecule has 1 atom stereocenters. The molecule has 0 saturated carbocycles. The Balaban J connectivity index is 1.60. The largest absolute Gasteiger partial charge is 0.416 e. The van der Waals surface area contributed by atoms with Crippen LogP contribution in [0.2, 0.25) is 0 Å². The minimum atomic E-state index is -4.58. The number of nitrogens with one attached hydrogen (secondary N) is 1. The van der Waals surface area contributed by atoms with Crippen LogP contribution < -0.4 is 5.32 Å². The van der Waals surface area contributed by atoms with Crippen LogP contribution in [0.5, 0.6) is 0 Å². The third-order valence-electron chi connectivity index (χ3n) is 5.66. The van der Waals surface area contributed by atoms with Crippen LogP contribution in [-0.4, -0.2) is 16.0 Å². The molecule has 3 aromatic carbocycles. The average Bonchev–Trinajstić information content (AvgIpc) is 2.88. The zero-order valence-electron chi connectivity index (χ0n) is 18.7. The van der Waals surface area contributed by atoms with Gasteiger partial charge < -0.3 is 10.4 Å². The highest BCUT2D eigenvalue weighted by molar-refractivity contribution is 6.09. The monoisotopic (exact) mass is 476 g/mol.